The van der Waals surface area contributed by atoms with E-state index in [2.05, 4.69) is 10.0 Å². The molecule has 0 radical (unpaired) electrons. The van der Waals surface area contributed by atoms with Gasteiger partial charge < -0.3 is 11.1 Å². The maximum Gasteiger partial charge on any atom is 0.296 e. The Hall–Kier alpha value is -3.58. The molecule has 0 amide bonds. The summed E-state index contributed by atoms with van der Waals surface area (Å²) in [7, 11) is -8.76. The molecule has 0 saturated carbocycles. The molecular weight excluding hydrogens is 518 g/mol. The molecule has 0 heterocycles. The van der Waals surface area contributed by atoms with E-state index in [1.807, 2.05) is 6.92 Å². The average Bonchev–Trinajstić information content (AvgIpc) is 2.83. The summed E-state index contributed by atoms with van der Waals surface area (Å²) >= 11 is 0. The van der Waals surface area contributed by atoms with Crippen molar-refractivity contribution in [1.82, 2.24) is 4.72 Å². The van der Waals surface area contributed by atoms with E-state index in [1.54, 1.807) is 32.0 Å². The lowest BCUT2D eigenvalue weighted by atomic mass is 9.82. The summed E-state index contributed by atoms with van der Waals surface area (Å²) in [6, 6.07) is 9.96. The maximum atomic E-state index is 13.5. The summed E-state index contributed by atoms with van der Waals surface area (Å²) in [5.41, 5.74) is 6.27. The van der Waals surface area contributed by atoms with Crippen molar-refractivity contribution in [2.75, 3.05) is 17.6 Å². The van der Waals surface area contributed by atoms with Crippen molar-refractivity contribution >= 4 is 48.8 Å². The van der Waals surface area contributed by atoms with E-state index >= 15 is 0 Å². The van der Waals surface area contributed by atoms with Crippen LogP contribution in [0.4, 0.5) is 17.1 Å². The molecule has 194 valence electrons. The SMILES string of the molecule is CCCNS(=O)(=O)c1cc(Nc2cc(S(=O)(=O)O)c(N)c3c2C(=O)c2ccccc2C3=O)cc(C)c1C. The second-order valence-electron chi connectivity index (χ2n) is 8.70. The molecule has 1 aliphatic carbocycles. The van der Waals surface area contributed by atoms with Gasteiger partial charge in [-0.15, -0.1) is 0 Å². The molecule has 12 heteroatoms. The molecule has 0 aromatic heterocycles. The highest BCUT2D eigenvalue weighted by Crippen LogP contribution is 2.40. The quantitative estimate of drug-likeness (QED) is 0.201. The van der Waals surface area contributed by atoms with Crippen LogP contribution < -0.4 is 15.8 Å². The predicted octanol–water partition coefficient (Wildman–Crippen LogP) is 3.34. The number of carbonyl (C=O) groups excluding carboxylic acids is 2. The number of fused-ring (bicyclic) bond motifs is 2. The number of nitrogens with two attached hydrogens (primary N) is 1. The van der Waals surface area contributed by atoms with Crippen LogP contribution in [0.3, 0.4) is 0 Å². The topological polar surface area (TPSA) is 173 Å². The van der Waals surface area contributed by atoms with E-state index < -0.39 is 42.3 Å². The highest BCUT2D eigenvalue weighted by molar-refractivity contribution is 7.89. The molecule has 0 bridgehead atoms. The number of carbonyl (C=O) groups is 2. The van der Waals surface area contributed by atoms with Gasteiger partial charge in [-0.2, -0.15) is 8.42 Å². The Bertz CT molecular complexity index is 1700. The number of nitrogens with one attached hydrogen (secondary N) is 2. The van der Waals surface area contributed by atoms with E-state index in [0.29, 0.717) is 17.5 Å². The van der Waals surface area contributed by atoms with E-state index in [1.165, 1.54) is 18.2 Å². The van der Waals surface area contributed by atoms with Crippen molar-refractivity contribution < 1.29 is 31.0 Å². The van der Waals surface area contributed by atoms with Crippen LogP contribution in [0, 0.1) is 13.8 Å². The van der Waals surface area contributed by atoms with Crippen LogP contribution in [0.25, 0.3) is 0 Å². The minimum absolute atomic E-state index is 0.00415. The van der Waals surface area contributed by atoms with E-state index in [-0.39, 0.29) is 45.1 Å². The molecule has 1 aliphatic rings. The lowest BCUT2D eigenvalue weighted by Crippen LogP contribution is -2.26. The van der Waals surface area contributed by atoms with Gasteiger partial charge in [0.2, 0.25) is 10.0 Å². The number of hydrogen-bond donors (Lipinski definition) is 4. The predicted molar refractivity (Wildman–Crippen MR) is 139 cm³/mol. The van der Waals surface area contributed by atoms with Gasteiger partial charge in [-0.05, 0) is 49.6 Å². The first kappa shape index (κ1) is 26.5. The van der Waals surface area contributed by atoms with Crippen LogP contribution in [-0.2, 0) is 20.1 Å². The maximum absolute atomic E-state index is 13.5. The molecule has 0 unspecified atom stereocenters. The van der Waals surface area contributed by atoms with Gasteiger partial charge in [0.15, 0.2) is 11.6 Å². The summed E-state index contributed by atoms with van der Waals surface area (Å²) in [5, 5.41) is 2.89. The minimum atomic E-state index is -4.89. The second-order valence-corrected chi connectivity index (χ2v) is 11.8. The Morgan fingerprint density at radius 2 is 1.49 bits per heavy atom. The zero-order valence-electron chi connectivity index (χ0n) is 20.2. The third kappa shape index (κ3) is 4.64. The number of benzene rings is 3. The monoisotopic (exact) mass is 543 g/mol. The Balaban J connectivity index is 1.96. The molecule has 3 aromatic carbocycles. The highest BCUT2D eigenvalue weighted by Gasteiger charge is 2.36. The highest BCUT2D eigenvalue weighted by atomic mass is 32.2. The molecule has 0 saturated heterocycles. The fourth-order valence-electron chi connectivity index (χ4n) is 4.25. The average molecular weight is 544 g/mol. The molecule has 37 heavy (non-hydrogen) atoms. The van der Waals surface area contributed by atoms with E-state index in [9.17, 15) is 31.0 Å². The Morgan fingerprint density at radius 3 is 2.05 bits per heavy atom. The molecule has 4 rings (SSSR count). The number of aryl methyl sites for hydroxylation is 1. The number of nitrogen functional groups attached to an aromatic ring is 1. The summed E-state index contributed by atoms with van der Waals surface area (Å²) in [6.45, 7) is 5.41. The van der Waals surface area contributed by atoms with Crippen LogP contribution in [0.1, 0.15) is 56.3 Å². The van der Waals surface area contributed by atoms with Crippen LogP contribution in [0.2, 0.25) is 0 Å². The van der Waals surface area contributed by atoms with Crippen molar-refractivity contribution in [1.29, 1.82) is 0 Å². The number of rotatable bonds is 7. The fraction of sp³-hybridized carbons (Fsp3) is 0.200. The lowest BCUT2D eigenvalue weighted by Gasteiger charge is -2.24. The minimum Gasteiger partial charge on any atom is -0.397 e. The Morgan fingerprint density at radius 1 is 0.892 bits per heavy atom. The van der Waals surface area contributed by atoms with Crippen LogP contribution >= 0.6 is 0 Å². The van der Waals surface area contributed by atoms with Gasteiger partial charge in [0.25, 0.3) is 10.1 Å². The smallest absolute Gasteiger partial charge is 0.296 e. The van der Waals surface area contributed by atoms with Gasteiger partial charge in [-0.25, -0.2) is 13.1 Å². The van der Waals surface area contributed by atoms with E-state index in [4.69, 9.17) is 5.73 Å². The lowest BCUT2D eigenvalue weighted by molar-refractivity contribution is 0.0980. The van der Waals surface area contributed by atoms with Crippen LogP contribution in [-0.4, -0.2) is 39.5 Å². The van der Waals surface area contributed by atoms with Gasteiger partial charge in [-0.3, -0.25) is 14.1 Å². The summed E-state index contributed by atoms with van der Waals surface area (Å²) in [4.78, 5) is 26.0. The Kier molecular flexibility index (Phi) is 6.71. The van der Waals surface area contributed by atoms with Crippen molar-refractivity contribution in [3.05, 3.63) is 75.8 Å². The largest absolute Gasteiger partial charge is 0.397 e. The van der Waals surface area contributed by atoms with Gasteiger partial charge >= 0.3 is 0 Å². The van der Waals surface area contributed by atoms with Gasteiger partial charge in [0.05, 0.1) is 27.4 Å². The summed E-state index contributed by atoms with van der Waals surface area (Å²) < 4.78 is 62.4. The van der Waals surface area contributed by atoms with Gasteiger partial charge in [0.1, 0.15) is 4.90 Å². The molecule has 0 aliphatic heterocycles. The molecule has 0 spiro atoms. The van der Waals surface area contributed by atoms with Crippen molar-refractivity contribution in [2.24, 2.45) is 0 Å². The second kappa shape index (κ2) is 9.38. The summed E-state index contributed by atoms with van der Waals surface area (Å²) in [5.74, 6) is -1.26. The number of anilines is 3. The summed E-state index contributed by atoms with van der Waals surface area (Å²) in [6.07, 6.45) is 0.586. The zero-order chi connectivity index (χ0) is 27.3. The van der Waals surface area contributed by atoms with Crippen LogP contribution in [0.5, 0.6) is 0 Å². The van der Waals surface area contributed by atoms with Gasteiger partial charge in [0, 0.05) is 23.4 Å². The normalized spacial score (nSPS) is 13.3. The first-order valence-electron chi connectivity index (χ1n) is 11.3. The first-order chi connectivity index (χ1) is 17.3. The molecule has 5 N–H and O–H groups in total. The fourth-order valence-corrected chi connectivity index (χ4v) is 6.37. The van der Waals surface area contributed by atoms with Crippen molar-refractivity contribution in [3.63, 3.8) is 0 Å². The van der Waals surface area contributed by atoms with E-state index in [0.717, 1.165) is 6.07 Å². The first-order valence-corrected chi connectivity index (χ1v) is 14.2. The number of sulfonamides is 1. The number of hydrogen-bond acceptors (Lipinski definition) is 8. The standard InChI is InChI=1S/C25H25N3O7S2/c1-4-9-27-36(31,32)19-11-15(10-13(2)14(19)3)28-18-12-20(37(33,34)35)23(26)22-21(18)24(29)16-7-5-6-8-17(16)25(22)30/h5-8,10-12,27-28H,4,9,26H2,1-3H3,(H,33,34,35). The number of ketones is 2. The van der Waals surface area contributed by atoms with Crippen molar-refractivity contribution in [2.45, 2.75) is 37.0 Å². The molecule has 3 aromatic rings. The van der Waals surface area contributed by atoms with Gasteiger partial charge in [-0.1, -0.05) is 31.2 Å². The molecular formula is C25H25N3O7S2. The molecule has 0 atom stereocenters. The zero-order valence-corrected chi connectivity index (χ0v) is 21.9. The third-order valence-electron chi connectivity index (χ3n) is 6.21. The third-order valence-corrected chi connectivity index (χ3v) is 8.69. The van der Waals surface area contributed by atoms with Crippen molar-refractivity contribution in [3.8, 4) is 0 Å². The molecule has 10 nitrogen and oxygen atoms in total. The van der Waals surface area contributed by atoms with Crippen LogP contribution in [0.15, 0.2) is 52.3 Å². The molecule has 0 fully saturated rings. The Labute approximate surface area is 214 Å².